The molecule has 52 valence electrons. The van der Waals surface area contributed by atoms with Crippen LogP contribution in [0.1, 0.15) is 6.92 Å². The standard InChI is InChI=1S/C4H8N2O3/c1-2-9-4(5)3-6(7)8/h5H,2-3H2,1H3. The molecule has 0 saturated carbocycles. The first-order chi connectivity index (χ1) is 4.16. The van der Waals surface area contributed by atoms with E-state index in [1.54, 1.807) is 6.92 Å². The number of ether oxygens (including phenoxy) is 1. The Balaban J connectivity index is 3.39. The predicted octanol–water partition coefficient (Wildman–Crippen LogP) is 0.277. The summed E-state index contributed by atoms with van der Waals surface area (Å²) in [4.78, 5) is 9.07. The van der Waals surface area contributed by atoms with Crippen molar-refractivity contribution in [3.63, 3.8) is 0 Å². The Labute approximate surface area is 52.3 Å². The Morgan fingerprint density at radius 3 is 2.78 bits per heavy atom. The highest BCUT2D eigenvalue weighted by molar-refractivity contribution is 5.73. The maximum atomic E-state index is 9.67. The summed E-state index contributed by atoms with van der Waals surface area (Å²) in [7, 11) is 0. The van der Waals surface area contributed by atoms with E-state index in [0.717, 1.165) is 0 Å². The lowest BCUT2D eigenvalue weighted by Crippen LogP contribution is -2.15. The number of hydrogen-bond acceptors (Lipinski definition) is 4. The van der Waals surface area contributed by atoms with Crippen molar-refractivity contribution < 1.29 is 9.66 Å². The van der Waals surface area contributed by atoms with Gasteiger partial charge in [0.2, 0.25) is 0 Å². The normalized spacial score (nSPS) is 8.56. The lowest BCUT2D eigenvalue weighted by Gasteiger charge is -1.97. The molecule has 0 aliphatic rings. The molecule has 0 aromatic carbocycles. The quantitative estimate of drug-likeness (QED) is 0.259. The van der Waals surface area contributed by atoms with E-state index in [9.17, 15) is 10.1 Å². The fraction of sp³-hybridized carbons (Fsp3) is 0.750. The molecule has 0 unspecified atom stereocenters. The zero-order valence-electron chi connectivity index (χ0n) is 5.09. The van der Waals surface area contributed by atoms with Gasteiger partial charge in [0.1, 0.15) is 0 Å². The molecule has 0 heterocycles. The van der Waals surface area contributed by atoms with Gasteiger partial charge in [-0.15, -0.1) is 0 Å². The topological polar surface area (TPSA) is 76.2 Å². The summed E-state index contributed by atoms with van der Waals surface area (Å²) in [6.07, 6.45) is 0. The number of nitro groups is 1. The third-order valence-corrected chi connectivity index (χ3v) is 0.591. The molecule has 0 aromatic rings. The maximum Gasteiger partial charge on any atom is 0.277 e. The van der Waals surface area contributed by atoms with Crippen molar-refractivity contribution in [2.24, 2.45) is 0 Å². The van der Waals surface area contributed by atoms with E-state index >= 15 is 0 Å². The first-order valence-corrected chi connectivity index (χ1v) is 2.48. The lowest BCUT2D eigenvalue weighted by atomic mass is 10.6. The Kier molecular flexibility index (Phi) is 3.34. The molecule has 0 atom stereocenters. The average Bonchev–Trinajstić information content (AvgIpc) is 1.63. The molecule has 0 aliphatic heterocycles. The minimum absolute atomic E-state index is 0.289. The van der Waals surface area contributed by atoms with Crippen LogP contribution < -0.4 is 0 Å². The van der Waals surface area contributed by atoms with Crippen molar-refractivity contribution in [3.05, 3.63) is 10.1 Å². The molecule has 5 nitrogen and oxygen atoms in total. The largest absolute Gasteiger partial charge is 0.477 e. The number of rotatable bonds is 3. The van der Waals surface area contributed by atoms with E-state index in [4.69, 9.17) is 5.41 Å². The smallest absolute Gasteiger partial charge is 0.277 e. The van der Waals surface area contributed by atoms with E-state index in [-0.39, 0.29) is 5.90 Å². The van der Waals surface area contributed by atoms with Crippen LogP contribution in [0.2, 0.25) is 0 Å². The molecular weight excluding hydrogens is 124 g/mol. The summed E-state index contributed by atoms with van der Waals surface area (Å²) < 4.78 is 4.49. The van der Waals surface area contributed by atoms with Gasteiger partial charge in [0.05, 0.1) is 6.61 Å². The van der Waals surface area contributed by atoms with Gasteiger partial charge in [-0.1, -0.05) is 0 Å². The minimum atomic E-state index is -0.599. The second-order valence-electron chi connectivity index (χ2n) is 1.35. The fourth-order valence-electron chi connectivity index (χ4n) is 0.337. The molecular formula is C4H8N2O3. The van der Waals surface area contributed by atoms with Crippen LogP contribution in [0.25, 0.3) is 0 Å². The molecule has 5 heteroatoms. The van der Waals surface area contributed by atoms with E-state index in [2.05, 4.69) is 4.74 Å². The molecule has 0 radical (unpaired) electrons. The van der Waals surface area contributed by atoms with Crippen LogP contribution in [0.15, 0.2) is 0 Å². The second-order valence-corrected chi connectivity index (χ2v) is 1.35. The molecule has 0 amide bonds. The van der Waals surface area contributed by atoms with Gasteiger partial charge in [0.15, 0.2) is 0 Å². The van der Waals surface area contributed by atoms with Gasteiger partial charge < -0.3 is 4.74 Å². The average molecular weight is 132 g/mol. The molecule has 9 heavy (non-hydrogen) atoms. The number of nitrogens with one attached hydrogen (secondary N) is 1. The highest BCUT2D eigenvalue weighted by Crippen LogP contribution is 1.78. The van der Waals surface area contributed by atoms with Crippen molar-refractivity contribution in [2.45, 2.75) is 6.92 Å². The van der Waals surface area contributed by atoms with Gasteiger partial charge in [-0.2, -0.15) is 0 Å². The fourth-order valence-corrected chi connectivity index (χ4v) is 0.337. The van der Waals surface area contributed by atoms with Crippen molar-refractivity contribution >= 4 is 5.90 Å². The van der Waals surface area contributed by atoms with Crippen molar-refractivity contribution in [2.75, 3.05) is 13.2 Å². The molecule has 0 fully saturated rings. The van der Waals surface area contributed by atoms with Gasteiger partial charge in [-0.3, -0.25) is 15.5 Å². The van der Waals surface area contributed by atoms with Crippen LogP contribution in [0.4, 0.5) is 0 Å². The van der Waals surface area contributed by atoms with Crippen LogP contribution in [0.5, 0.6) is 0 Å². The first kappa shape index (κ1) is 7.87. The van der Waals surface area contributed by atoms with Crippen LogP contribution in [0, 0.1) is 15.5 Å². The van der Waals surface area contributed by atoms with Gasteiger partial charge in [0.25, 0.3) is 12.4 Å². The molecule has 0 spiro atoms. The van der Waals surface area contributed by atoms with Gasteiger partial charge in [-0.25, -0.2) is 0 Å². The highest BCUT2D eigenvalue weighted by atomic mass is 16.6. The highest BCUT2D eigenvalue weighted by Gasteiger charge is 2.03. The summed E-state index contributed by atoms with van der Waals surface area (Å²) in [5.41, 5.74) is 0. The monoisotopic (exact) mass is 132 g/mol. The van der Waals surface area contributed by atoms with Crippen LogP contribution in [-0.2, 0) is 4.74 Å². The molecule has 0 aliphatic carbocycles. The zero-order valence-corrected chi connectivity index (χ0v) is 5.09. The van der Waals surface area contributed by atoms with Crippen molar-refractivity contribution in [1.29, 1.82) is 5.41 Å². The Morgan fingerprint density at radius 1 is 1.89 bits per heavy atom. The van der Waals surface area contributed by atoms with E-state index in [1.807, 2.05) is 0 Å². The Morgan fingerprint density at radius 2 is 2.44 bits per heavy atom. The summed E-state index contributed by atoms with van der Waals surface area (Å²) in [5, 5.41) is 16.4. The summed E-state index contributed by atoms with van der Waals surface area (Å²) in [6.45, 7) is 1.47. The molecule has 0 rings (SSSR count). The van der Waals surface area contributed by atoms with Crippen LogP contribution in [0.3, 0.4) is 0 Å². The van der Waals surface area contributed by atoms with E-state index < -0.39 is 11.5 Å². The van der Waals surface area contributed by atoms with E-state index in [0.29, 0.717) is 6.61 Å². The summed E-state index contributed by atoms with van der Waals surface area (Å²) >= 11 is 0. The van der Waals surface area contributed by atoms with Crippen molar-refractivity contribution in [1.82, 2.24) is 0 Å². The summed E-state index contributed by atoms with van der Waals surface area (Å²) in [6, 6.07) is 0. The first-order valence-electron chi connectivity index (χ1n) is 2.48. The minimum Gasteiger partial charge on any atom is -0.477 e. The summed E-state index contributed by atoms with van der Waals surface area (Å²) in [5.74, 6) is -0.289. The molecule has 0 aromatic heterocycles. The molecule has 1 N–H and O–H groups in total. The van der Waals surface area contributed by atoms with Crippen LogP contribution in [-0.4, -0.2) is 24.0 Å². The van der Waals surface area contributed by atoms with Gasteiger partial charge >= 0.3 is 0 Å². The maximum absolute atomic E-state index is 9.67. The SMILES string of the molecule is CCOC(=N)C[N+](=O)[O-]. The second kappa shape index (κ2) is 3.82. The number of hydrogen-bond donors (Lipinski definition) is 1. The van der Waals surface area contributed by atoms with Gasteiger partial charge in [0, 0.05) is 4.92 Å². The van der Waals surface area contributed by atoms with Crippen LogP contribution >= 0.6 is 0 Å². The number of nitrogens with zero attached hydrogens (tertiary/aromatic N) is 1. The molecule has 0 saturated heterocycles. The van der Waals surface area contributed by atoms with E-state index in [1.165, 1.54) is 0 Å². The van der Waals surface area contributed by atoms with Crippen molar-refractivity contribution in [3.8, 4) is 0 Å². The Hall–Kier alpha value is -1.13. The molecule has 0 bridgehead atoms. The third-order valence-electron chi connectivity index (χ3n) is 0.591. The van der Waals surface area contributed by atoms with Gasteiger partial charge in [-0.05, 0) is 6.92 Å². The Bertz CT molecular complexity index is 123. The lowest BCUT2D eigenvalue weighted by molar-refractivity contribution is -0.465. The predicted molar refractivity (Wildman–Crippen MR) is 31.2 cm³/mol. The third kappa shape index (κ3) is 4.73. The zero-order chi connectivity index (χ0) is 7.28.